The smallest absolute Gasteiger partial charge is 0.226 e. The Morgan fingerprint density at radius 3 is 3.14 bits per heavy atom. The molecule has 0 radical (unpaired) electrons. The molecule has 1 aliphatic rings. The molecule has 1 aromatic heterocycles. The second-order valence-electron chi connectivity index (χ2n) is 5.23. The molecule has 1 aliphatic heterocycles. The van der Waals surface area contributed by atoms with Crippen LogP contribution >= 0.6 is 0 Å². The van der Waals surface area contributed by atoms with Crippen molar-refractivity contribution in [3.8, 4) is 5.75 Å². The Bertz CT molecular complexity index is 595. The average molecular weight is 285 g/mol. The minimum absolute atomic E-state index is 0.0740. The number of benzene rings is 1. The van der Waals surface area contributed by atoms with E-state index in [9.17, 15) is 4.79 Å². The van der Waals surface area contributed by atoms with Crippen molar-refractivity contribution in [1.29, 1.82) is 0 Å². The molecule has 0 fully saturated rings. The molecular weight excluding hydrogens is 266 g/mol. The van der Waals surface area contributed by atoms with Gasteiger partial charge in [-0.3, -0.25) is 9.48 Å². The van der Waals surface area contributed by atoms with Crippen molar-refractivity contribution < 1.29 is 9.53 Å². The Balaban J connectivity index is 1.44. The molecule has 1 amide bonds. The molecule has 5 heteroatoms. The van der Waals surface area contributed by atoms with Crippen molar-refractivity contribution in [1.82, 2.24) is 15.1 Å². The summed E-state index contributed by atoms with van der Waals surface area (Å²) in [4.78, 5) is 12.2. The molecule has 0 unspecified atom stereocenters. The van der Waals surface area contributed by atoms with Crippen molar-refractivity contribution >= 4 is 5.91 Å². The van der Waals surface area contributed by atoms with E-state index in [1.165, 1.54) is 0 Å². The highest BCUT2D eigenvalue weighted by Gasteiger charge is 2.25. The fraction of sp³-hybridized carbons (Fsp3) is 0.375. The van der Waals surface area contributed by atoms with E-state index in [1.54, 1.807) is 6.20 Å². The molecule has 2 heterocycles. The number of amides is 1. The number of rotatable bonds is 5. The van der Waals surface area contributed by atoms with E-state index in [2.05, 4.69) is 10.4 Å². The maximum atomic E-state index is 12.2. The van der Waals surface area contributed by atoms with Gasteiger partial charge in [-0.05, 0) is 30.5 Å². The number of aromatic nitrogens is 2. The number of aryl methyl sites for hydroxylation is 1. The van der Waals surface area contributed by atoms with Gasteiger partial charge in [0, 0.05) is 25.5 Å². The lowest BCUT2D eigenvalue weighted by molar-refractivity contribution is -0.126. The number of nitrogens with zero attached hydrogens (tertiary/aromatic N) is 2. The lowest BCUT2D eigenvalue weighted by Gasteiger charge is -2.24. The van der Waals surface area contributed by atoms with Gasteiger partial charge in [0.25, 0.3) is 0 Å². The zero-order chi connectivity index (χ0) is 14.5. The topological polar surface area (TPSA) is 56.2 Å². The fourth-order valence-corrected chi connectivity index (χ4v) is 2.53. The van der Waals surface area contributed by atoms with Gasteiger partial charge in [-0.2, -0.15) is 5.10 Å². The Morgan fingerprint density at radius 2 is 2.29 bits per heavy atom. The summed E-state index contributed by atoms with van der Waals surface area (Å²) in [6, 6.07) is 9.80. The summed E-state index contributed by atoms with van der Waals surface area (Å²) < 4.78 is 7.51. The van der Waals surface area contributed by atoms with E-state index < -0.39 is 0 Å². The third-order valence-electron chi connectivity index (χ3n) is 3.67. The first-order chi connectivity index (χ1) is 10.3. The molecule has 21 heavy (non-hydrogen) atoms. The van der Waals surface area contributed by atoms with Gasteiger partial charge in [0.2, 0.25) is 5.91 Å². The molecule has 0 spiro atoms. The molecule has 3 rings (SSSR count). The van der Waals surface area contributed by atoms with Crippen LogP contribution in [0.15, 0.2) is 42.7 Å². The van der Waals surface area contributed by atoms with Crippen molar-refractivity contribution in [3.05, 3.63) is 48.3 Å². The monoisotopic (exact) mass is 285 g/mol. The van der Waals surface area contributed by atoms with Gasteiger partial charge < -0.3 is 10.1 Å². The zero-order valence-corrected chi connectivity index (χ0v) is 11.9. The van der Waals surface area contributed by atoms with Crippen molar-refractivity contribution in [2.24, 2.45) is 5.92 Å². The average Bonchev–Trinajstić information content (AvgIpc) is 3.04. The summed E-state index contributed by atoms with van der Waals surface area (Å²) in [5.74, 6) is 0.884. The first-order valence-corrected chi connectivity index (χ1v) is 7.29. The second kappa shape index (κ2) is 6.43. The van der Waals surface area contributed by atoms with Crippen LogP contribution in [0.5, 0.6) is 5.75 Å². The molecule has 0 aliphatic carbocycles. The molecule has 2 aromatic rings. The fourth-order valence-electron chi connectivity index (χ4n) is 2.53. The van der Waals surface area contributed by atoms with Crippen LogP contribution in [0, 0.1) is 5.92 Å². The number of carbonyl (C=O) groups is 1. The quantitative estimate of drug-likeness (QED) is 0.850. The van der Waals surface area contributed by atoms with E-state index in [0.29, 0.717) is 13.2 Å². The van der Waals surface area contributed by atoms with Gasteiger partial charge >= 0.3 is 0 Å². The molecule has 0 bridgehead atoms. The summed E-state index contributed by atoms with van der Waals surface area (Å²) in [5, 5.41) is 7.12. The SMILES string of the molecule is O=C(NCCCn1cccn1)[C@@H]1COc2ccccc2C1. The molecule has 5 nitrogen and oxygen atoms in total. The lowest BCUT2D eigenvalue weighted by atomic mass is 9.96. The van der Waals surface area contributed by atoms with Gasteiger partial charge in [0.1, 0.15) is 12.4 Å². The van der Waals surface area contributed by atoms with Gasteiger partial charge in [-0.25, -0.2) is 0 Å². The normalized spacial score (nSPS) is 16.9. The van der Waals surface area contributed by atoms with Crippen LogP contribution in [0.25, 0.3) is 0 Å². The van der Waals surface area contributed by atoms with Crippen LogP contribution in [0.2, 0.25) is 0 Å². The van der Waals surface area contributed by atoms with E-state index in [-0.39, 0.29) is 11.8 Å². The Morgan fingerprint density at radius 1 is 1.38 bits per heavy atom. The van der Waals surface area contributed by atoms with Gasteiger partial charge in [0.15, 0.2) is 0 Å². The summed E-state index contributed by atoms with van der Waals surface area (Å²) in [7, 11) is 0. The predicted octanol–water partition coefficient (Wildman–Crippen LogP) is 1.64. The summed E-state index contributed by atoms with van der Waals surface area (Å²) in [5.41, 5.74) is 1.11. The molecule has 1 atom stereocenters. The molecule has 1 N–H and O–H groups in total. The summed E-state index contributed by atoms with van der Waals surface area (Å²) in [6.07, 6.45) is 5.31. The van der Waals surface area contributed by atoms with Gasteiger partial charge in [0.05, 0.1) is 5.92 Å². The Labute approximate surface area is 123 Å². The van der Waals surface area contributed by atoms with Crippen LogP contribution in [0.1, 0.15) is 12.0 Å². The van der Waals surface area contributed by atoms with Crippen LogP contribution < -0.4 is 10.1 Å². The van der Waals surface area contributed by atoms with Gasteiger partial charge in [-0.1, -0.05) is 18.2 Å². The van der Waals surface area contributed by atoms with E-state index in [0.717, 1.165) is 30.7 Å². The number of fused-ring (bicyclic) bond motifs is 1. The third-order valence-corrected chi connectivity index (χ3v) is 3.67. The van der Waals surface area contributed by atoms with Gasteiger partial charge in [-0.15, -0.1) is 0 Å². The molecule has 1 aromatic carbocycles. The van der Waals surface area contributed by atoms with E-state index in [4.69, 9.17) is 4.74 Å². The number of nitrogens with one attached hydrogen (secondary N) is 1. The lowest BCUT2D eigenvalue weighted by Crippen LogP contribution is -2.38. The van der Waals surface area contributed by atoms with Crippen molar-refractivity contribution in [3.63, 3.8) is 0 Å². The third kappa shape index (κ3) is 3.42. The number of ether oxygens (including phenoxy) is 1. The first-order valence-electron chi connectivity index (χ1n) is 7.29. The van der Waals surface area contributed by atoms with Crippen LogP contribution in [0.3, 0.4) is 0 Å². The second-order valence-corrected chi connectivity index (χ2v) is 5.23. The number of carbonyl (C=O) groups excluding carboxylic acids is 1. The minimum Gasteiger partial charge on any atom is -0.492 e. The maximum Gasteiger partial charge on any atom is 0.226 e. The standard InChI is InChI=1S/C16H19N3O2/c20-16(17-7-3-9-19-10-4-8-18-19)14-11-13-5-1-2-6-15(13)21-12-14/h1-2,4-6,8,10,14H,3,7,9,11-12H2,(H,17,20)/t14-/m0/s1. The summed E-state index contributed by atoms with van der Waals surface area (Å²) in [6.45, 7) is 1.94. The maximum absolute atomic E-state index is 12.2. The van der Waals surface area contributed by atoms with E-state index >= 15 is 0 Å². The molecule has 110 valence electrons. The number of para-hydroxylation sites is 1. The van der Waals surface area contributed by atoms with Crippen molar-refractivity contribution in [2.75, 3.05) is 13.2 Å². The molecule has 0 saturated heterocycles. The van der Waals surface area contributed by atoms with E-state index in [1.807, 2.05) is 41.2 Å². The summed E-state index contributed by atoms with van der Waals surface area (Å²) >= 11 is 0. The van der Waals surface area contributed by atoms with Crippen LogP contribution in [0.4, 0.5) is 0 Å². The zero-order valence-electron chi connectivity index (χ0n) is 11.9. The highest BCUT2D eigenvalue weighted by atomic mass is 16.5. The first kappa shape index (κ1) is 13.7. The number of hydrogen-bond donors (Lipinski definition) is 1. The molecular formula is C16H19N3O2. The molecule has 0 saturated carbocycles. The van der Waals surface area contributed by atoms with Crippen molar-refractivity contribution in [2.45, 2.75) is 19.4 Å². The highest BCUT2D eigenvalue weighted by molar-refractivity contribution is 5.79. The highest BCUT2D eigenvalue weighted by Crippen LogP contribution is 2.26. The largest absolute Gasteiger partial charge is 0.492 e. The van der Waals surface area contributed by atoms with Crippen LogP contribution in [-0.2, 0) is 17.8 Å². The Hall–Kier alpha value is -2.30. The Kier molecular flexibility index (Phi) is 4.19. The van der Waals surface area contributed by atoms with Crippen LogP contribution in [-0.4, -0.2) is 28.8 Å². The number of hydrogen-bond acceptors (Lipinski definition) is 3. The minimum atomic E-state index is -0.0930. The predicted molar refractivity (Wildman–Crippen MR) is 79.0 cm³/mol.